The minimum Gasteiger partial charge on any atom is -0.459 e. The molecule has 27 heavy (non-hydrogen) atoms. The molecule has 1 aromatic heterocycles. The van der Waals surface area contributed by atoms with Crippen molar-refractivity contribution in [3.63, 3.8) is 0 Å². The van der Waals surface area contributed by atoms with Crippen molar-refractivity contribution in [3.8, 4) is 0 Å². The second-order valence-corrected chi connectivity index (χ2v) is 6.82. The van der Waals surface area contributed by atoms with Gasteiger partial charge in [0.1, 0.15) is 0 Å². The Morgan fingerprint density at radius 2 is 1.93 bits per heavy atom. The topological polar surface area (TPSA) is 62.6 Å². The van der Waals surface area contributed by atoms with Crippen LogP contribution in [0.3, 0.4) is 0 Å². The standard InChI is InChI=1S/C22H20N2O3/c1-14-9-10-17(13-18(14)23-21(25)20-8-5-11-27-20)22(26)24-15(2)12-16-6-3-4-7-19(16)24/h3-11,13,15H,12H2,1-2H3,(H,23,25). The van der Waals surface area contributed by atoms with Crippen LogP contribution in [-0.2, 0) is 6.42 Å². The van der Waals surface area contributed by atoms with Gasteiger partial charge in [-0.15, -0.1) is 0 Å². The van der Waals surface area contributed by atoms with Gasteiger partial charge in [0, 0.05) is 23.0 Å². The lowest BCUT2D eigenvalue weighted by molar-refractivity contribution is 0.0976. The summed E-state index contributed by atoms with van der Waals surface area (Å²) in [5.41, 5.74) is 4.15. The summed E-state index contributed by atoms with van der Waals surface area (Å²) in [6, 6.07) is 16.7. The molecular formula is C22H20N2O3. The fourth-order valence-electron chi connectivity index (χ4n) is 3.50. The van der Waals surface area contributed by atoms with E-state index in [9.17, 15) is 9.59 Å². The number of benzene rings is 2. The van der Waals surface area contributed by atoms with Crippen LogP contribution in [0.2, 0.25) is 0 Å². The van der Waals surface area contributed by atoms with Crippen molar-refractivity contribution >= 4 is 23.2 Å². The van der Waals surface area contributed by atoms with Gasteiger partial charge in [0.25, 0.3) is 11.8 Å². The highest BCUT2D eigenvalue weighted by molar-refractivity contribution is 6.09. The van der Waals surface area contributed by atoms with E-state index in [0.29, 0.717) is 11.3 Å². The Morgan fingerprint density at radius 3 is 2.70 bits per heavy atom. The molecule has 0 aliphatic carbocycles. The number of anilines is 2. The van der Waals surface area contributed by atoms with Crippen molar-refractivity contribution in [2.24, 2.45) is 0 Å². The number of nitrogens with zero attached hydrogens (tertiary/aromatic N) is 1. The molecule has 0 spiro atoms. The van der Waals surface area contributed by atoms with E-state index in [-0.39, 0.29) is 23.6 Å². The lowest BCUT2D eigenvalue weighted by atomic mass is 10.1. The molecule has 0 saturated heterocycles. The maximum absolute atomic E-state index is 13.2. The van der Waals surface area contributed by atoms with E-state index in [1.54, 1.807) is 24.3 Å². The number of para-hydroxylation sites is 1. The zero-order valence-electron chi connectivity index (χ0n) is 15.2. The van der Waals surface area contributed by atoms with Gasteiger partial charge in [-0.05, 0) is 61.7 Å². The molecule has 0 fully saturated rings. The summed E-state index contributed by atoms with van der Waals surface area (Å²) in [4.78, 5) is 27.3. The molecular weight excluding hydrogens is 340 g/mol. The quantitative estimate of drug-likeness (QED) is 0.751. The Balaban J connectivity index is 1.63. The summed E-state index contributed by atoms with van der Waals surface area (Å²) in [6.45, 7) is 3.94. The van der Waals surface area contributed by atoms with E-state index in [0.717, 1.165) is 17.7 Å². The predicted molar refractivity (Wildman–Crippen MR) is 104 cm³/mol. The Morgan fingerprint density at radius 1 is 1.11 bits per heavy atom. The molecule has 0 saturated carbocycles. The van der Waals surface area contributed by atoms with Crippen molar-refractivity contribution in [3.05, 3.63) is 83.3 Å². The van der Waals surface area contributed by atoms with E-state index in [1.807, 2.05) is 43.0 Å². The molecule has 1 atom stereocenters. The first-order chi connectivity index (χ1) is 13.0. The van der Waals surface area contributed by atoms with Gasteiger partial charge in [-0.3, -0.25) is 9.59 Å². The van der Waals surface area contributed by atoms with Crippen LogP contribution in [0.15, 0.2) is 65.3 Å². The maximum atomic E-state index is 13.2. The Labute approximate surface area is 157 Å². The Bertz CT molecular complexity index is 1010. The molecule has 4 rings (SSSR count). The van der Waals surface area contributed by atoms with Gasteiger partial charge in [0.05, 0.1) is 6.26 Å². The lowest BCUT2D eigenvalue weighted by Crippen LogP contribution is -2.35. The van der Waals surface area contributed by atoms with E-state index in [2.05, 4.69) is 11.4 Å². The number of carbonyl (C=O) groups is 2. The van der Waals surface area contributed by atoms with Crippen LogP contribution in [0.1, 0.15) is 39.0 Å². The third-order valence-electron chi connectivity index (χ3n) is 4.90. The van der Waals surface area contributed by atoms with Crippen molar-refractivity contribution in [2.45, 2.75) is 26.3 Å². The van der Waals surface area contributed by atoms with Gasteiger partial charge in [-0.1, -0.05) is 24.3 Å². The average molecular weight is 360 g/mol. The van der Waals surface area contributed by atoms with E-state index < -0.39 is 0 Å². The number of furan rings is 1. The summed E-state index contributed by atoms with van der Waals surface area (Å²) in [5, 5.41) is 2.83. The van der Waals surface area contributed by atoms with Crippen LogP contribution in [0, 0.1) is 6.92 Å². The summed E-state index contributed by atoms with van der Waals surface area (Å²) >= 11 is 0. The summed E-state index contributed by atoms with van der Waals surface area (Å²) in [7, 11) is 0. The molecule has 2 amide bonds. The smallest absolute Gasteiger partial charge is 0.291 e. The third kappa shape index (κ3) is 3.12. The molecule has 1 N–H and O–H groups in total. The van der Waals surface area contributed by atoms with Crippen LogP contribution >= 0.6 is 0 Å². The van der Waals surface area contributed by atoms with E-state index in [1.165, 1.54) is 11.8 Å². The van der Waals surface area contributed by atoms with E-state index in [4.69, 9.17) is 4.42 Å². The molecule has 2 aromatic carbocycles. The number of hydrogen-bond donors (Lipinski definition) is 1. The molecule has 2 heterocycles. The number of hydrogen-bond acceptors (Lipinski definition) is 3. The molecule has 3 aromatic rings. The molecule has 1 aliphatic heterocycles. The minimum atomic E-state index is -0.340. The van der Waals surface area contributed by atoms with Crippen molar-refractivity contribution in [2.75, 3.05) is 10.2 Å². The molecule has 1 aliphatic rings. The van der Waals surface area contributed by atoms with Gasteiger partial charge in [0.15, 0.2) is 5.76 Å². The van der Waals surface area contributed by atoms with Crippen LogP contribution in [0.25, 0.3) is 0 Å². The maximum Gasteiger partial charge on any atom is 0.291 e. The predicted octanol–water partition coefficient (Wildman–Crippen LogP) is 4.43. The normalized spacial score (nSPS) is 15.5. The summed E-state index contributed by atoms with van der Waals surface area (Å²) in [5.74, 6) is -0.179. The number of carbonyl (C=O) groups excluding carboxylic acids is 2. The van der Waals surface area contributed by atoms with Gasteiger partial charge in [-0.25, -0.2) is 0 Å². The molecule has 5 nitrogen and oxygen atoms in total. The van der Waals surface area contributed by atoms with Crippen molar-refractivity contribution in [1.29, 1.82) is 0 Å². The monoisotopic (exact) mass is 360 g/mol. The first-order valence-corrected chi connectivity index (χ1v) is 8.91. The first kappa shape index (κ1) is 17.1. The van der Waals surface area contributed by atoms with Gasteiger partial charge < -0.3 is 14.6 Å². The van der Waals surface area contributed by atoms with Crippen LogP contribution in [0.5, 0.6) is 0 Å². The number of nitrogens with one attached hydrogen (secondary N) is 1. The zero-order valence-corrected chi connectivity index (χ0v) is 15.2. The SMILES string of the molecule is Cc1ccc(C(=O)N2c3ccccc3CC2C)cc1NC(=O)c1ccco1. The summed E-state index contributed by atoms with van der Waals surface area (Å²) in [6.07, 6.45) is 2.30. The third-order valence-corrected chi connectivity index (χ3v) is 4.90. The summed E-state index contributed by atoms with van der Waals surface area (Å²) < 4.78 is 5.13. The average Bonchev–Trinajstić information content (AvgIpc) is 3.30. The molecule has 1 unspecified atom stereocenters. The largest absolute Gasteiger partial charge is 0.459 e. The highest BCUT2D eigenvalue weighted by Crippen LogP contribution is 2.33. The van der Waals surface area contributed by atoms with Crippen molar-refractivity contribution in [1.82, 2.24) is 0 Å². The van der Waals surface area contributed by atoms with Gasteiger partial charge in [-0.2, -0.15) is 0 Å². The van der Waals surface area contributed by atoms with E-state index >= 15 is 0 Å². The fourth-order valence-corrected chi connectivity index (χ4v) is 3.50. The van der Waals surface area contributed by atoms with Gasteiger partial charge in [0.2, 0.25) is 0 Å². The first-order valence-electron chi connectivity index (χ1n) is 8.91. The van der Waals surface area contributed by atoms with Crippen molar-refractivity contribution < 1.29 is 14.0 Å². The van der Waals surface area contributed by atoms with Crippen LogP contribution < -0.4 is 10.2 Å². The lowest BCUT2D eigenvalue weighted by Gasteiger charge is -2.23. The van der Waals surface area contributed by atoms with Gasteiger partial charge >= 0.3 is 0 Å². The van der Waals surface area contributed by atoms with Crippen LogP contribution in [0.4, 0.5) is 11.4 Å². The zero-order chi connectivity index (χ0) is 19.0. The fraction of sp³-hybridized carbons (Fsp3) is 0.182. The number of aryl methyl sites for hydroxylation is 1. The number of fused-ring (bicyclic) bond motifs is 1. The number of amides is 2. The Hall–Kier alpha value is -3.34. The number of rotatable bonds is 3. The second-order valence-electron chi connectivity index (χ2n) is 6.82. The minimum absolute atomic E-state index is 0.0686. The highest BCUT2D eigenvalue weighted by Gasteiger charge is 2.31. The molecule has 5 heteroatoms. The molecule has 136 valence electrons. The highest BCUT2D eigenvalue weighted by atomic mass is 16.3. The molecule has 0 bridgehead atoms. The second kappa shape index (κ2) is 6.76. The van der Waals surface area contributed by atoms with Crippen LogP contribution in [-0.4, -0.2) is 17.9 Å². The molecule has 0 radical (unpaired) electrons. The Kier molecular flexibility index (Phi) is 4.28.